The molecule has 0 N–H and O–H groups in total. The average molecular weight is 252 g/mol. The molecule has 0 saturated heterocycles. The van der Waals surface area contributed by atoms with Gasteiger partial charge in [-0.3, -0.25) is 9.36 Å². The smallest absolute Gasteiger partial charge is 0.303 e. The molecule has 0 atom stereocenters. The van der Waals surface area contributed by atoms with Crippen LogP contribution in [0.25, 0.3) is 0 Å². The summed E-state index contributed by atoms with van der Waals surface area (Å²) in [5.74, 6) is 0. The van der Waals surface area contributed by atoms with E-state index in [4.69, 9.17) is 11.6 Å². The van der Waals surface area contributed by atoms with Crippen molar-refractivity contribution in [1.82, 2.24) is 14.1 Å². The maximum atomic E-state index is 11.8. The van der Waals surface area contributed by atoms with Crippen molar-refractivity contribution in [3.63, 3.8) is 0 Å². The van der Waals surface area contributed by atoms with Gasteiger partial charge in [0.05, 0.1) is 6.54 Å². The molecule has 0 bridgehead atoms. The third-order valence-corrected chi connectivity index (χ3v) is 2.74. The van der Waals surface area contributed by atoms with Crippen LogP contribution in [0.2, 0.25) is 5.15 Å². The Kier molecular flexibility index (Phi) is 3.10. The van der Waals surface area contributed by atoms with Gasteiger partial charge in [0.15, 0.2) is 0 Å². The van der Waals surface area contributed by atoms with Crippen LogP contribution in [0.4, 0.5) is 0 Å². The quantitative estimate of drug-likeness (QED) is 0.736. The van der Waals surface area contributed by atoms with Gasteiger partial charge in [-0.1, -0.05) is 17.7 Å². The second-order valence-corrected chi connectivity index (χ2v) is 3.94. The lowest BCUT2D eigenvalue weighted by atomic mass is 10.3. The van der Waals surface area contributed by atoms with E-state index < -0.39 is 0 Å². The van der Waals surface area contributed by atoms with Crippen LogP contribution in [-0.2, 0) is 13.6 Å². The van der Waals surface area contributed by atoms with Crippen molar-refractivity contribution in [1.29, 1.82) is 0 Å². The summed E-state index contributed by atoms with van der Waals surface area (Å²) in [6, 6.07) is 4.78. The van der Waals surface area contributed by atoms with Gasteiger partial charge in [-0.15, -0.1) is 0 Å². The predicted octanol–water partition coefficient (Wildman–Crippen LogP) is 0.644. The first-order chi connectivity index (χ1) is 8.09. The fourth-order valence-electron chi connectivity index (χ4n) is 1.47. The van der Waals surface area contributed by atoms with E-state index in [0.717, 1.165) is 4.57 Å². The molecule has 88 valence electrons. The van der Waals surface area contributed by atoms with Crippen LogP contribution in [0.5, 0.6) is 0 Å². The summed E-state index contributed by atoms with van der Waals surface area (Å²) in [6.07, 6.45) is 2.99. The van der Waals surface area contributed by atoms with Crippen molar-refractivity contribution >= 4 is 11.6 Å². The largest absolute Gasteiger partial charge is 0.331 e. The van der Waals surface area contributed by atoms with Crippen LogP contribution < -0.4 is 11.2 Å². The zero-order chi connectivity index (χ0) is 12.4. The predicted molar refractivity (Wildman–Crippen MR) is 64.3 cm³/mol. The molecule has 0 unspecified atom stereocenters. The molecule has 6 heteroatoms. The molecule has 0 aliphatic heterocycles. The first-order valence-corrected chi connectivity index (χ1v) is 5.33. The molecule has 0 aliphatic rings. The van der Waals surface area contributed by atoms with Crippen LogP contribution in [0, 0.1) is 0 Å². The third-order valence-electron chi connectivity index (χ3n) is 2.40. The van der Waals surface area contributed by atoms with E-state index in [1.54, 1.807) is 25.4 Å². The zero-order valence-corrected chi connectivity index (χ0v) is 9.89. The van der Waals surface area contributed by atoms with Crippen molar-refractivity contribution in [2.45, 2.75) is 6.54 Å². The molecular weight excluding hydrogens is 242 g/mol. The van der Waals surface area contributed by atoms with Gasteiger partial charge in [0.25, 0.3) is 5.56 Å². The number of hydrogen-bond acceptors (Lipinski definition) is 3. The summed E-state index contributed by atoms with van der Waals surface area (Å²) in [7, 11) is 1.59. The standard InChI is InChI=1S/C11H10ClN3O2/c1-14-6-4-9(16)15(11(14)17)7-8-3-2-5-13-10(8)12/h2-6H,7H2,1H3. The minimum atomic E-state index is -0.377. The zero-order valence-electron chi connectivity index (χ0n) is 9.13. The second kappa shape index (κ2) is 4.55. The Bertz CT molecular complexity index is 660. The van der Waals surface area contributed by atoms with E-state index in [9.17, 15) is 9.59 Å². The van der Waals surface area contributed by atoms with Crippen molar-refractivity contribution in [3.8, 4) is 0 Å². The van der Waals surface area contributed by atoms with E-state index in [1.165, 1.54) is 16.8 Å². The van der Waals surface area contributed by atoms with Crippen LogP contribution in [0.3, 0.4) is 0 Å². The number of hydrogen-bond donors (Lipinski definition) is 0. The molecule has 2 aromatic heterocycles. The van der Waals surface area contributed by atoms with E-state index in [-0.39, 0.29) is 17.8 Å². The van der Waals surface area contributed by atoms with Gasteiger partial charge in [-0.2, -0.15) is 0 Å². The normalized spacial score (nSPS) is 10.5. The van der Waals surface area contributed by atoms with Crippen molar-refractivity contribution in [2.24, 2.45) is 7.05 Å². The van der Waals surface area contributed by atoms with Crippen LogP contribution in [0.15, 0.2) is 40.2 Å². The summed E-state index contributed by atoms with van der Waals surface area (Å²) in [4.78, 5) is 27.3. The minimum Gasteiger partial charge on any atom is -0.303 e. The van der Waals surface area contributed by atoms with Gasteiger partial charge in [0.1, 0.15) is 5.15 Å². The molecule has 0 aromatic carbocycles. The minimum absolute atomic E-state index is 0.124. The SMILES string of the molecule is Cn1ccc(=O)n(Cc2cccnc2Cl)c1=O. The summed E-state index contributed by atoms with van der Waals surface area (Å²) in [6.45, 7) is 0.124. The lowest BCUT2D eigenvalue weighted by Crippen LogP contribution is -2.38. The molecule has 0 fully saturated rings. The van der Waals surface area contributed by atoms with E-state index in [2.05, 4.69) is 4.98 Å². The summed E-state index contributed by atoms with van der Waals surface area (Å²) >= 11 is 5.88. The third kappa shape index (κ3) is 2.29. The summed E-state index contributed by atoms with van der Waals surface area (Å²) in [5, 5.41) is 0.297. The Balaban J connectivity index is 2.51. The van der Waals surface area contributed by atoms with Crippen molar-refractivity contribution in [3.05, 3.63) is 62.1 Å². The molecule has 0 saturated carbocycles. The van der Waals surface area contributed by atoms with Gasteiger partial charge in [-0.25, -0.2) is 9.78 Å². The first kappa shape index (κ1) is 11.6. The molecule has 0 radical (unpaired) electrons. The molecule has 2 aromatic rings. The number of halogens is 1. The second-order valence-electron chi connectivity index (χ2n) is 3.59. The number of rotatable bonds is 2. The molecule has 0 spiro atoms. The highest BCUT2D eigenvalue weighted by Crippen LogP contribution is 2.11. The van der Waals surface area contributed by atoms with Gasteiger partial charge >= 0.3 is 5.69 Å². The molecule has 17 heavy (non-hydrogen) atoms. The van der Waals surface area contributed by atoms with Crippen molar-refractivity contribution in [2.75, 3.05) is 0 Å². The van der Waals surface area contributed by atoms with Gasteiger partial charge in [0.2, 0.25) is 0 Å². The number of aryl methyl sites for hydroxylation is 1. The lowest BCUT2D eigenvalue weighted by Gasteiger charge is -2.07. The highest BCUT2D eigenvalue weighted by Gasteiger charge is 2.06. The average Bonchev–Trinajstić information content (AvgIpc) is 2.32. The Morgan fingerprint density at radius 1 is 1.35 bits per heavy atom. The number of nitrogens with zero attached hydrogens (tertiary/aromatic N) is 3. The topological polar surface area (TPSA) is 56.9 Å². The van der Waals surface area contributed by atoms with Gasteiger partial charge in [-0.05, 0) is 6.07 Å². The monoisotopic (exact) mass is 251 g/mol. The van der Waals surface area contributed by atoms with E-state index >= 15 is 0 Å². The summed E-state index contributed by atoms with van der Waals surface area (Å²) in [5.41, 5.74) is -0.0926. The Morgan fingerprint density at radius 2 is 2.12 bits per heavy atom. The van der Waals surface area contributed by atoms with E-state index in [1.807, 2.05) is 0 Å². The Morgan fingerprint density at radius 3 is 2.82 bits per heavy atom. The summed E-state index contributed by atoms with van der Waals surface area (Å²) < 4.78 is 2.45. The van der Waals surface area contributed by atoms with Crippen LogP contribution in [-0.4, -0.2) is 14.1 Å². The highest BCUT2D eigenvalue weighted by molar-refractivity contribution is 6.30. The van der Waals surface area contributed by atoms with Crippen molar-refractivity contribution < 1.29 is 0 Å². The number of aromatic nitrogens is 3. The van der Waals surface area contributed by atoms with Gasteiger partial charge in [0, 0.05) is 31.1 Å². The Labute approximate surface area is 102 Å². The maximum absolute atomic E-state index is 11.8. The molecule has 0 amide bonds. The molecule has 2 heterocycles. The fourth-order valence-corrected chi connectivity index (χ4v) is 1.65. The van der Waals surface area contributed by atoms with Gasteiger partial charge < -0.3 is 4.57 Å². The molecule has 0 aliphatic carbocycles. The van der Waals surface area contributed by atoms with Crippen LogP contribution >= 0.6 is 11.6 Å². The fraction of sp³-hybridized carbons (Fsp3) is 0.182. The Hall–Kier alpha value is -1.88. The van der Waals surface area contributed by atoms with Crippen LogP contribution in [0.1, 0.15) is 5.56 Å². The molecular formula is C11H10ClN3O2. The highest BCUT2D eigenvalue weighted by atomic mass is 35.5. The molecule has 2 rings (SSSR count). The maximum Gasteiger partial charge on any atom is 0.331 e. The first-order valence-electron chi connectivity index (χ1n) is 4.95. The molecule has 5 nitrogen and oxygen atoms in total. The number of pyridine rings is 1. The van der Waals surface area contributed by atoms with E-state index in [0.29, 0.717) is 10.7 Å². The lowest BCUT2D eigenvalue weighted by molar-refractivity contribution is 0.638.